The highest BCUT2D eigenvalue weighted by Gasteiger charge is 2.31. The molecule has 4 aromatic rings. The third-order valence-electron chi connectivity index (χ3n) is 7.62. The minimum atomic E-state index is -3.34. The molecule has 1 unspecified atom stereocenters. The number of nitrogens with zero attached hydrogens (tertiary/aromatic N) is 7. The largest absolute Gasteiger partial charge is 0.360 e. The number of aromatic nitrogens is 7. The molecule has 0 saturated heterocycles. The Morgan fingerprint density at radius 3 is 2.58 bits per heavy atom. The average molecular weight is 559 g/mol. The van der Waals surface area contributed by atoms with Gasteiger partial charge in [0.1, 0.15) is 11.8 Å². The number of allylic oxidation sites excluding steroid dienone is 1. The van der Waals surface area contributed by atoms with E-state index in [1.165, 1.54) is 12.3 Å². The van der Waals surface area contributed by atoms with Gasteiger partial charge in [0.15, 0.2) is 27.1 Å². The van der Waals surface area contributed by atoms with Crippen molar-refractivity contribution >= 4 is 26.8 Å². The van der Waals surface area contributed by atoms with E-state index < -0.39 is 9.84 Å². The van der Waals surface area contributed by atoms with Gasteiger partial charge >= 0.3 is 0 Å². The number of hydrogen-bond donors (Lipinski definition) is 1. The van der Waals surface area contributed by atoms with E-state index >= 15 is 0 Å². The predicted molar refractivity (Wildman–Crippen MR) is 151 cm³/mol. The lowest BCUT2D eigenvalue weighted by molar-refractivity contribution is 0.580. The SMILES string of the molecule is C=C1CCCC1n1c(=O)c(NCc2ccc(S(=O)(=O)CC)cn2)nc2cnc(-c3c(C)ncnc3C3CC3)nc21. The Hall–Kier alpha value is -4.06. The van der Waals surface area contributed by atoms with Crippen LogP contribution in [0.2, 0.25) is 0 Å². The molecule has 1 atom stereocenters. The molecule has 0 aromatic carbocycles. The highest BCUT2D eigenvalue weighted by atomic mass is 32.2. The van der Waals surface area contributed by atoms with E-state index in [2.05, 4.69) is 36.8 Å². The summed E-state index contributed by atoms with van der Waals surface area (Å²) in [6, 6.07) is 2.96. The molecule has 11 nitrogen and oxygen atoms in total. The zero-order valence-corrected chi connectivity index (χ0v) is 23.3. The van der Waals surface area contributed by atoms with Crippen LogP contribution >= 0.6 is 0 Å². The summed E-state index contributed by atoms with van der Waals surface area (Å²) in [6.07, 6.45) is 9.28. The van der Waals surface area contributed by atoms with Crippen LogP contribution in [-0.2, 0) is 16.4 Å². The van der Waals surface area contributed by atoms with Gasteiger partial charge in [-0.05, 0) is 51.2 Å². The molecule has 0 radical (unpaired) electrons. The second-order valence-electron chi connectivity index (χ2n) is 10.3. The molecule has 0 amide bonds. The molecule has 206 valence electrons. The van der Waals surface area contributed by atoms with Gasteiger partial charge in [-0.1, -0.05) is 19.1 Å². The molecule has 4 heterocycles. The topological polar surface area (TPSA) is 146 Å². The Labute approximate surface area is 231 Å². The molecule has 0 bridgehead atoms. The van der Waals surface area contributed by atoms with Crippen molar-refractivity contribution in [1.29, 1.82) is 0 Å². The number of pyridine rings is 1. The first-order valence-electron chi connectivity index (χ1n) is 13.5. The van der Waals surface area contributed by atoms with Crippen LogP contribution in [0.15, 0.2) is 52.7 Å². The smallest absolute Gasteiger partial charge is 0.295 e. The molecule has 2 saturated carbocycles. The summed E-state index contributed by atoms with van der Waals surface area (Å²) in [5.74, 6) is 1.01. The second-order valence-corrected chi connectivity index (χ2v) is 12.6. The summed E-state index contributed by atoms with van der Waals surface area (Å²) in [4.78, 5) is 41.3. The molecule has 2 aliphatic rings. The lowest BCUT2D eigenvalue weighted by atomic mass is 10.1. The number of sulfone groups is 1. The summed E-state index contributed by atoms with van der Waals surface area (Å²) in [5, 5.41) is 3.10. The van der Waals surface area contributed by atoms with Crippen LogP contribution in [0.1, 0.15) is 68.1 Å². The van der Waals surface area contributed by atoms with E-state index in [0.717, 1.165) is 54.6 Å². The second kappa shape index (κ2) is 10.2. The molecular formula is C28H30N8O3S. The van der Waals surface area contributed by atoms with E-state index in [4.69, 9.17) is 4.98 Å². The lowest BCUT2D eigenvalue weighted by Gasteiger charge is -2.19. The van der Waals surface area contributed by atoms with Crippen molar-refractivity contribution in [2.75, 3.05) is 11.1 Å². The maximum Gasteiger partial charge on any atom is 0.295 e. The Morgan fingerprint density at radius 2 is 1.90 bits per heavy atom. The fourth-order valence-corrected chi connectivity index (χ4v) is 6.03. The fraction of sp³-hybridized carbons (Fsp3) is 0.393. The summed E-state index contributed by atoms with van der Waals surface area (Å²) < 4.78 is 25.9. The molecular weight excluding hydrogens is 528 g/mol. The van der Waals surface area contributed by atoms with Crippen molar-refractivity contribution in [3.05, 3.63) is 70.4 Å². The molecule has 6 rings (SSSR count). The number of anilines is 1. The minimum Gasteiger partial charge on any atom is -0.360 e. The number of fused-ring (bicyclic) bond motifs is 1. The Balaban J connectivity index is 1.41. The molecule has 2 aliphatic carbocycles. The van der Waals surface area contributed by atoms with Crippen molar-refractivity contribution in [3.63, 3.8) is 0 Å². The average Bonchev–Trinajstić information content (AvgIpc) is 3.72. The normalized spacial score (nSPS) is 17.4. The number of aryl methyl sites for hydroxylation is 1. The summed E-state index contributed by atoms with van der Waals surface area (Å²) in [7, 11) is -3.34. The first-order valence-corrected chi connectivity index (χ1v) is 15.1. The van der Waals surface area contributed by atoms with Crippen molar-refractivity contribution in [2.45, 2.75) is 69.4 Å². The Morgan fingerprint density at radius 1 is 1.07 bits per heavy atom. The Kier molecular flexibility index (Phi) is 6.65. The Bertz CT molecular complexity index is 1800. The predicted octanol–water partition coefficient (Wildman–Crippen LogP) is 3.91. The molecule has 0 spiro atoms. The van der Waals surface area contributed by atoms with Crippen molar-refractivity contribution in [1.82, 2.24) is 34.5 Å². The van der Waals surface area contributed by atoms with E-state index in [1.807, 2.05) is 6.92 Å². The monoisotopic (exact) mass is 558 g/mol. The van der Waals surface area contributed by atoms with Gasteiger partial charge in [-0.15, -0.1) is 0 Å². The van der Waals surface area contributed by atoms with Gasteiger partial charge in [-0.25, -0.2) is 33.3 Å². The quantitative estimate of drug-likeness (QED) is 0.316. The van der Waals surface area contributed by atoms with Crippen molar-refractivity contribution in [2.24, 2.45) is 0 Å². The van der Waals surface area contributed by atoms with Gasteiger partial charge in [0.05, 0.1) is 52.1 Å². The summed E-state index contributed by atoms with van der Waals surface area (Å²) in [6.45, 7) is 7.94. The number of nitrogens with one attached hydrogen (secondary N) is 1. The molecule has 12 heteroatoms. The maximum absolute atomic E-state index is 13.9. The highest BCUT2D eigenvalue weighted by Crippen LogP contribution is 2.43. The summed E-state index contributed by atoms with van der Waals surface area (Å²) in [5.41, 5.74) is 4.74. The van der Waals surface area contributed by atoms with E-state index in [0.29, 0.717) is 28.6 Å². The standard InChI is InChI=1S/C28H30N8O3S/c1-4-40(38,39)20-11-10-19(29-13-20)12-30-26-28(37)36(22-7-5-6-16(22)2)27-21(34-26)14-31-25(35-27)23-17(3)32-15-33-24(23)18-8-9-18/h10-11,13-15,18,22H,2,4-9,12H2,1,3H3,(H,30,34). The van der Waals surface area contributed by atoms with E-state index in [-0.39, 0.29) is 34.6 Å². The van der Waals surface area contributed by atoms with Crippen LogP contribution in [0, 0.1) is 6.92 Å². The molecule has 1 N–H and O–H groups in total. The van der Waals surface area contributed by atoms with Gasteiger partial charge in [0.2, 0.25) is 0 Å². The van der Waals surface area contributed by atoms with Gasteiger partial charge in [0.25, 0.3) is 5.56 Å². The fourth-order valence-electron chi connectivity index (χ4n) is 5.21. The van der Waals surface area contributed by atoms with E-state index in [9.17, 15) is 13.2 Å². The van der Waals surface area contributed by atoms with Crippen LogP contribution in [0.5, 0.6) is 0 Å². The zero-order chi connectivity index (χ0) is 28.0. The van der Waals surface area contributed by atoms with Crippen LogP contribution in [-0.4, -0.2) is 48.6 Å². The molecule has 40 heavy (non-hydrogen) atoms. The summed E-state index contributed by atoms with van der Waals surface area (Å²) >= 11 is 0. The van der Waals surface area contributed by atoms with Crippen molar-refractivity contribution in [3.8, 4) is 11.4 Å². The first kappa shape index (κ1) is 26.2. The first-order chi connectivity index (χ1) is 19.3. The van der Waals surface area contributed by atoms with Crippen LogP contribution in [0.4, 0.5) is 5.82 Å². The molecule has 2 fully saturated rings. The van der Waals surface area contributed by atoms with Crippen LogP contribution in [0.25, 0.3) is 22.6 Å². The van der Waals surface area contributed by atoms with Crippen LogP contribution < -0.4 is 10.9 Å². The van der Waals surface area contributed by atoms with E-state index in [1.54, 1.807) is 30.1 Å². The van der Waals surface area contributed by atoms with Gasteiger partial charge in [-0.2, -0.15) is 0 Å². The van der Waals surface area contributed by atoms with Gasteiger partial charge in [0, 0.05) is 12.1 Å². The number of hydrogen-bond acceptors (Lipinski definition) is 10. The number of rotatable bonds is 8. The minimum absolute atomic E-state index is 0.00182. The molecule has 0 aliphatic heterocycles. The zero-order valence-electron chi connectivity index (χ0n) is 22.5. The molecule has 4 aromatic heterocycles. The third-order valence-corrected chi connectivity index (χ3v) is 9.34. The maximum atomic E-state index is 13.9. The van der Waals surface area contributed by atoms with Gasteiger partial charge < -0.3 is 5.32 Å². The van der Waals surface area contributed by atoms with Crippen molar-refractivity contribution < 1.29 is 8.42 Å². The van der Waals surface area contributed by atoms with Crippen LogP contribution in [0.3, 0.4) is 0 Å². The van der Waals surface area contributed by atoms with Gasteiger partial charge in [-0.3, -0.25) is 14.3 Å². The third kappa shape index (κ3) is 4.76. The highest BCUT2D eigenvalue weighted by molar-refractivity contribution is 7.91. The lowest BCUT2D eigenvalue weighted by Crippen LogP contribution is -2.29.